The van der Waals surface area contributed by atoms with Crippen molar-refractivity contribution in [3.63, 3.8) is 0 Å². The first kappa shape index (κ1) is 26.3. The lowest BCUT2D eigenvalue weighted by Crippen LogP contribution is -2.54. The summed E-state index contributed by atoms with van der Waals surface area (Å²) in [6, 6.07) is 14.0. The number of anilines is 1. The molecule has 1 N–H and O–H groups in total. The van der Waals surface area contributed by atoms with Crippen LogP contribution in [0.2, 0.25) is 15.1 Å². The first-order chi connectivity index (χ1) is 17.2. The third-order valence-corrected chi connectivity index (χ3v) is 6.87. The van der Waals surface area contributed by atoms with Gasteiger partial charge in [0.25, 0.3) is 11.8 Å². The number of nitrogens with one attached hydrogen (secondary N) is 1. The van der Waals surface area contributed by atoms with Crippen molar-refractivity contribution in [3.8, 4) is 11.5 Å². The number of carbonyl (C=O) groups excluding carboxylic acids is 3. The molecule has 36 heavy (non-hydrogen) atoms. The Morgan fingerprint density at radius 3 is 2.47 bits per heavy atom. The molecule has 0 atom stereocenters. The Morgan fingerprint density at radius 2 is 1.78 bits per heavy atom. The Balaban J connectivity index is 1.65. The number of barbiturate groups is 1. The maximum absolute atomic E-state index is 13.2. The molecule has 1 saturated heterocycles. The third kappa shape index (κ3) is 5.62. The van der Waals surface area contributed by atoms with Crippen LogP contribution in [0.5, 0.6) is 11.5 Å². The summed E-state index contributed by atoms with van der Waals surface area (Å²) >= 11 is 20.1. The molecule has 0 aromatic heterocycles. The predicted molar refractivity (Wildman–Crippen MR) is 147 cm³/mol. The Bertz CT molecular complexity index is 1430. The van der Waals surface area contributed by atoms with E-state index in [9.17, 15) is 14.4 Å². The maximum atomic E-state index is 13.2. The molecule has 0 bridgehead atoms. The number of benzene rings is 3. The van der Waals surface area contributed by atoms with Crippen LogP contribution >= 0.6 is 57.4 Å². The molecule has 4 amide bonds. The smallest absolute Gasteiger partial charge is 0.335 e. The van der Waals surface area contributed by atoms with Crippen LogP contribution < -0.4 is 19.7 Å². The van der Waals surface area contributed by atoms with E-state index in [0.717, 1.165) is 10.5 Å². The number of hydrogen-bond acceptors (Lipinski definition) is 5. The molecule has 0 spiro atoms. The fraction of sp³-hybridized carbons (Fsp3) is 0.0800. The maximum Gasteiger partial charge on any atom is 0.335 e. The highest BCUT2D eigenvalue weighted by Crippen LogP contribution is 2.36. The minimum atomic E-state index is -0.891. The highest BCUT2D eigenvalue weighted by atomic mass is 127. The Labute approximate surface area is 235 Å². The van der Waals surface area contributed by atoms with Gasteiger partial charge in [0, 0.05) is 5.02 Å². The second kappa shape index (κ2) is 11.1. The van der Waals surface area contributed by atoms with Gasteiger partial charge >= 0.3 is 6.03 Å². The zero-order valence-corrected chi connectivity index (χ0v) is 22.9. The topological polar surface area (TPSA) is 84.9 Å². The number of carbonyl (C=O) groups is 3. The Morgan fingerprint density at radius 1 is 1.00 bits per heavy atom. The van der Waals surface area contributed by atoms with Crippen LogP contribution in [0.3, 0.4) is 0 Å². The zero-order chi connectivity index (χ0) is 26.0. The van der Waals surface area contributed by atoms with E-state index in [2.05, 4.69) is 27.9 Å². The third-order valence-electron chi connectivity index (χ3n) is 5.10. The number of nitrogens with zero attached hydrogens (tertiary/aromatic N) is 1. The second-order valence-corrected chi connectivity index (χ2v) is 9.92. The molecule has 0 radical (unpaired) electrons. The molecule has 7 nitrogen and oxygen atoms in total. The summed E-state index contributed by atoms with van der Waals surface area (Å²) in [5.74, 6) is -0.738. The van der Waals surface area contributed by atoms with Crippen molar-refractivity contribution < 1.29 is 23.9 Å². The Hall–Kier alpha value is -2.79. The van der Waals surface area contributed by atoms with Crippen molar-refractivity contribution >= 4 is 87.0 Å². The predicted octanol–water partition coefficient (Wildman–Crippen LogP) is 6.51. The molecule has 4 rings (SSSR count). The molecule has 1 aliphatic rings. The number of urea groups is 1. The molecule has 0 saturated carbocycles. The summed E-state index contributed by atoms with van der Waals surface area (Å²) in [5, 5.41) is 3.19. The van der Waals surface area contributed by atoms with Crippen LogP contribution in [0.25, 0.3) is 6.08 Å². The summed E-state index contributed by atoms with van der Waals surface area (Å²) < 4.78 is 12.1. The van der Waals surface area contributed by atoms with E-state index in [4.69, 9.17) is 44.3 Å². The lowest BCUT2D eigenvalue weighted by molar-refractivity contribution is -0.122. The number of rotatable bonds is 6. The summed E-state index contributed by atoms with van der Waals surface area (Å²) in [6.07, 6.45) is 1.38. The van der Waals surface area contributed by atoms with Crippen LogP contribution in [0.15, 0.2) is 60.2 Å². The number of ether oxygens (including phenoxy) is 2. The van der Waals surface area contributed by atoms with Gasteiger partial charge in [-0.05, 0) is 82.3 Å². The van der Waals surface area contributed by atoms with Crippen LogP contribution in [-0.2, 0) is 16.2 Å². The highest BCUT2D eigenvalue weighted by molar-refractivity contribution is 14.1. The first-order valence-corrected chi connectivity index (χ1v) is 12.5. The summed E-state index contributed by atoms with van der Waals surface area (Å²) in [6.45, 7) is 0.259. The van der Waals surface area contributed by atoms with Gasteiger partial charge in [-0.1, -0.05) is 46.9 Å². The molecule has 3 aromatic rings. The quantitative estimate of drug-likeness (QED) is 0.186. The second-order valence-electron chi connectivity index (χ2n) is 7.51. The summed E-state index contributed by atoms with van der Waals surface area (Å²) in [7, 11) is 1.48. The van der Waals surface area contributed by atoms with Crippen LogP contribution in [0, 0.1) is 3.57 Å². The minimum absolute atomic E-state index is 0.157. The van der Waals surface area contributed by atoms with Crippen molar-refractivity contribution in [2.75, 3.05) is 12.0 Å². The molecular formula is C25H16Cl3IN2O5. The van der Waals surface area contributed by atoms with E-state index in [1.807, 2.05) is 12.1 Å². The van der Waals surface area contributed by atoms with Gasteiger partial charge in [-0.25, -0.2) is 9.69 Å². The number of halogens is 4. The lowest BCUT2D eigenvalue weighted by atomic mass is 10.1. The number of amides is 4. The SMILES string of the molecule is COc1cc(/C=C2\C(=O)NC(=O)N(c3ccc(Cl)c(Cl)c3)C2=O)cc(I)c1OCc1cccc(Cl)c1. The summed E-state index contributed by atoms with van der Waals surface area (Å²) in [5.41, 5.74) is 1.30. The lowest BCUT2D eigenvalue weighted by Gasteiger charge is -2.26. The number of imide groups is 2. The normalized spacial score (nSPS) is 14.8. The van der Waals surface area contributed by atoms with E-state index in [-0.39, 0.29) is 27.9 Å². The molecule has 11 heteroatoms. The average molecular weight is 658 g/mol. The van der Waals surface area contributed by atoms with Gasteiger partial charge in [0.15, 0.2) is 11.5 Å². The van der Waals surface area contributed by atoms with Crippen molar-refractivity contribution in [2.45, 2.75) is 6.61 Å². The average Bonchev–Trinajstić information content (AvgIpc) is 2.83. The fourth-order valence-corrected chi connectivity index (χ4v) is 4.71. The molecular weight excluding hydrogens is 642 g/mol. The minimum Gasteiger partial charge on any atom is -0.493 e. The van der Waals surface area contributed by atoms with Crippen molar-refractivity contribution in [1.29, 1.82) is 0 Å². The van der Waals surface area contributed by atoms with Crippen molar-refractivity contribution in [2.24, 2.45) is 0 Å². The molecule has 184 valence electrons. The van der Waals surface area contributed by atoms with E-state index in [1.165, 1.54) is 31.4 Å². The molecule has 3 aromatic carbocycles. The number of hydrogen-bond donors (Lipinski definition) is 1. The van der Waals surface area contributed by atoms with Crippen LogP contribution in [0.1, 0.15) is 11.1 Å². The highest BCUT2D eigenvalue weighted by Gasteiger charge is 2.37. The first-order valence-electron chi connectivity index (χ1n) is 10.3. The van der Waals surface area contributed by atoms with Gasteiger partial charge in [-0.15, -0.1) is 0 Å². The zero-order valence-electron chi connectivity index (χ0n) is 18.5. The van der Waals surface area contributed by atoms with E-state index in [0.29, 0.717) is 25.7 Å². The molecule has 1 fully saturated rings. The van der Waals surface area contributed by atoms with Gasteiger partial charge in [0.05, 0.1) is 26.4 Å². The number of methoxy groups -OCH3 is 1. The van der Waals surface area contributed by atoms with Gasteiger partial charge < -0.3 is 9.47 Å². The molecule has 1 aliphatic heterocycles. The standard InChI is InChI=1S/C25H16Cl3IN2O5/c1-35-21-10-14(9-20(29)22(21)36-12-13-3-2-4-15(26)7-13)8-17-23(32)30-25(34)31(24(17)33)16-5-6-18(27)19(28)11-16/h2-11H,12H2,1H3,(H,30,32,34)/b17-8+. The molecule has 1 heterocycles. The Kier molecular flexibility index (Phi) is 8.09. The van der Waals surface area contributed by atoms with E-state index >= 15 is 0 Å². The van der Waals surface area contributed by atoms with Crippen molar-refractivity contribution in [3.05, 3.63) is 89.9 Å². The van der Waals surface area contributed by atoms with Gasteiger partial charge in [-0.2, -0.15) is 0 Å². The van der Waals surface area contributed by atoms with E-state index in [1.54, 1.807) is 24.3 Å². The van der Waals surface area contributed by atoms with Crippen LogP contribution in [0.4, 0.5) is 10.5 Å². The summed E-state index contributed by atoms with van der Waals surface area (Å²) in [4.78, 5) is 39.0. The van der Waals surface area contributed by atoms with Gasteiger partial charge in [0.1, 0.15) is 12.2 Å². The fourth-order valence-electron chi connectivity index (χ4n) is 3.43. The van der Waals surface area contributed by atoms with Gasteiger partial charge in [-0.3, -0.25) is 14.9 Å². The van der Waals surface area contributed by atoms with Crippen LogP contribution in [-0.4, -0.2) is 25.0 Å². The van der Waals surface area contributed by atoms with Crippen molar-refractivity contribution in [1.82, 2.24) is 5.32 Å². The largest absolute Gasteiger partial charge is 0.493 e. The van der Waals surface area contributed by atoms with Gasteiger partial charge in [0.2, 0.25) is 0 Å². The molecule has 0 aliphatic carbocycles. The monoisotopic (exact) mass is 656 g/mol. The van der Waals surface area contributed by atoms with E-state index < -0.39 is 17.8 Å². The molecule has 0 unspecified atom stereocenters.